The summed E-state index contributed by atoms with van der Waals surface area (Å²) >= 11 is 9.18. The first-order chi connectivity index (χ1) is 9.99. The molecule has 3 nitrogen and oxygen atoms in total. The molecule has 5 heteroatoms. The summed E-state index contributed by atoms with van der Waals surface area (Å²) in [6, 6.07) is 11.1. The van der Waals surface area contributed by atoms with Crippen molar-refractivity contribution >= 4 is 39.4 Å². The van der Waals surface area contributed by atoms with Crippen molar-refractivity contribution in [2.75, 3.05) is 0 Å². The van der Waals surface area contributed by atoms with Crippen molar-refractivity contribution < 1.29 is 9.90 Å². The molecule has 0 fully saturated rings. The second-order valence-electron chi connectivity index (χ2n) is 4.21. The number of benzene rings is 1. The second kappa shape index (κ2) is 6.70. The van der Waals surface area contributed by atoms with E-state index in [-0.39, 0.29) is 5.56 Å². The Morgan fingerprint density at radius 1 is 1.19 bits per heavy atom. The van der Waals surface area contributed by atoms with Gasteiger partial charge in [-0.25, -0.2) is 0 Å². The normalized spacial score (nSPS) is 10.8. The van der Waals surface area contributed by atoms with Crippen molar-refractivity contribution in [2.45, 2.75) is 0 Å². The molecule has 0 atom stereocenters. The van der Waals surface area contributed by atoms with E-state index in [0.717, 1.165) is 0 Å². The molecule has 0 saturated heterocycles. The van der Waals surface area contributed by atoms with E-state index in [1.165, 1.54) is 30.4 Å². The van der Waals surface area contributed by atoms with Crippen LogP contribution in [0.15, 0.2) is 57.8 Å². The van der Waals surface area contributed by atoms with Gasteiger partial charge in [0.05, 0.1) is 5.56 Å². The highest BCUT2D eigenvalue weighted by molar-refractivity contribution is 9.10. The average molecular weight is 366 g/mol. The fraction of sp³-hybridized carbons (Fsp3) is 0. The van der Waals surface area contributed by atoms with Gasteiger partial charge in [0.15, 0.2) is 11.5 Å². The Bertz CT molecular complexity index is 785. The fourth-order valence-corrected chi connectivity index (χ4v) is 2.23. The van der Waals surface area contributed by atoms with Crippen LogP contribution < -0.4 is 5.43 Å². The minimum atomic E-state index is -0.616. The van der Waals surface area contributed by atoms with Crippen molar-refractivity contribution in [2.24, 2.45) is 0 Å². The molecule has 0 saturated carbocycles. The van der Waals surface area contributed by atoms with Crippen LogP contribution in [0.5, 0.6) is 5.75 Å². The predicted octanol–water partition coefficient (Wildman–Crippen LogP) is 4.06. The summed E-state index contributed by atoms with van der Waals surface area (Å²) in [5.74, 6) is -1.06. The standard InChI is InChI=1S/C16H10BrClO3/c17-11-6-8-15(20)16(21)12(9-11)14(19)7-5-10-3-1-2-4-13(10)18/h1-9H,(H,20,21). The van der Waals surface area contributed by atoms with E-state index in [1.807, 2.05) is 0 Å². The van der Waals surface area contributed by atoms with Gasteiger partial charge in [0.2, 0.25) is 5.43 Å². The van der Waals surface area contributed by atoms with Crippen LogP contribution in [0.3, 0.4) is 0 Å². The van der Waals surface area contributed by atoms with Crippen LogP contribution >= 0.6 is 27.5 Å². The smallest absolute Gasteiger partial charge is 0.220 e. The molecular weight excluding hydrogens is 356 g/mol. The third kappa shape index (κ3) is 3.80. The third-order valence-electron chi connectivity index (χ3n) is 2.75. The molecule has 0 unspecified atom stereocenters. The molecule has 0 bridgehead atoms. The summed E-state index contributed by atoms with van der Waals surface area (Å²) in [5, 5.41) is 10.3. The number of carbonyl (C=O) groups is 1. The summed E-state index contributed by atoms with van der Waals surface area (Å²) in [4.78, 5) is 23.7. The summed E-state index contributed by atoms with van der Waals surface area (Å²) < 4.78 is 0.523. The molecule has 0 spiro atoms. The van der Waals surface area contributed by atoms with Crippen LogP contribution in [0.4, 0.5) is 0 Å². The van der Waals surface area contributed by atoms with Gasteiger partial charge in [-0.1, -0.05) is 45.7 Å². The number of ketones is 1. The van der Waals surface area contributed by atoms with E-state index in [4.69, 9.17) is 11.6 Å². The summed E-state index contributed by atoms with van der Waals surface area (Å²) in [6.45, 7) is 0. The molecule has 0 aliphatic rings. The Kier molecular flexibility index (Phi) is 4.94. The number of allylic oxidation sites excluding steroid dienone is 1. The predicted molar refractivity (Wildman–Crippen MR) is 86.9 cm³/mol. The summed E-state index contributed by atoms with van der Waals surface area (Å²) in [5.41, 5.74) is -0.0101. The minimum absolute atomic E-state index is 0.0693. The zero-order valence-corrected chi connectivity index (χ0v) is 13.1. The second-order valence-corrected chi connectivity index (χ2v) is 5.53. The number of hydrogen-bond donors (Lipinski definition) is 1. The maximum Gasteiger partial charge on any atom is 0.220 e. The summed E-state index contributed by atoms with van der Waals surface area (Å²) in [7, 11) is 0. The lowest BCUT2D eigenvalue weighted by molar-refractivity contribution is 0.104. The Hall–Kier alpha value is -1.91. The van der Waals surface area contributed by atoms with Crippen molar-refractivity contribution in [1.82, 2.24) is 0 Å². The van der Waals surface area contributed by atoms with Gasteiger partial charge in [-0.15, -0.1) is 0 Å². The van der Waals surface area contributed by atoms with Crippen LogP contribution in [-0.2, 0) is 0 Å². The van der Waals surface area contributed by atoms with Gasteiger partial charge in [0, 0.05) is 9.50 Å². The molecule has 0 amide bonds. The topological polar surface area (TPSA) is 54.4 Å². The molecule has 1 N–H and O–H groups in total. The summed E-state index contributed by atoms with van der Waals surface area (Å²) in [6.07, 6.45) is 2.80. The number of hydrogen-bond acceptors (Lipinski definition) is 3. The Labute approximate surface area is 134 Å². The van der Waals surface area contributed by atoms with Crippen molar-refractivity contribution in [3.63, 3.8) is 0 Å². The van der Waals surface area contributed by atoms with E-state index in [1.54, 1.807) is 24.3 Å². The SMILES string of the molecule is O=C(C=Cc1ccccc1Cl)c1cc(Br)ccc(=O)c1O. The van der Waals surface area contributed by atoms with Crippen molar-refractivity contribution in [1.29, 1.82) is 0 Å². The minimum Gasteiger partial charge on any atom is -0.504 e. The first-order valence-electron chi connectivity index (χ1n) is 5.99. The lowest BCUT2D eigenvalue weighted by Gasteiger charge is -1.98. The molecular formula is C16H10BrClO3. The lowest BCUT2D eigenvalue weighted by atomic mass is 10.1. The van der Waals surface area contributed by atoms with E-state index < -0.39 is 17.0 Å². The van der Waals surface area contributed by atoms with Gasteiger partial charge < -0.3 is 5.11 Å². The fourth-order valence-electron chi connectivity index (χ4n) is 1.67. The molecule has 106 valence electrons. The van der Waals surface area contributed by atoms with Gasteiger partial charge >= 0.3 is 0 Å². The van der Waals surface area contributed by atoms with Crippen molar-refractivity contribution in [3.8, 4) is 5.75 Å². The maximum absolute atomic E-state index is 12.1. The zero-order valence-electron chi connectivity index (χ0n) is 10.7. The van der Waals surface area contributed by atoms with Crippen LogP contribution in [0, 0.1) is 0 Å². The highest BCUT2D eigenvalue weighted by Gasteiger charge is 2.11. The third-order valence-corrected chi connectivity index (χ3v) is 3.59. The van der Waals surface area contributed by atoms with Crippen LogP contribution in [0.25, 0.3) is 6.08 Å². The molecule has 2 rings (SSSR count). The van der Waals surface area contributed by atoms with Gasteiger partial charge in [0.1, 0.15) is 0 Å². The Morgan fingerprint density at radius 3 is 2.62 bits per heavy atom. The molecule has 0 aliphatic carbocycles. The molecule has 0 radical (unpaired) electrons. The molecule has 2 aromatic carbocycles. The van der Waals surface area contributed by atoms with Gasteiger partial charge in [-0.3, -0.25) is 9.59 Å². The Morgan fingerprint density at radius 2 is 1.90 bits per heavy atom. The van der Waals surface area contributed by atoms with Crippen molar-refractivity contribution in [3.05, 3.63) is 79.4 Å². The van der Waals surface area contributed by atoms with Crippen LogP contribution in [0.1, 0.15) is 15.9 Å². The maximum atomic E-state index is 12.1. The van der Waals surface area contributed by atoms with E-state index in [2.05, 4.69) is 15.9 Å². The lowest BCUT2D eigenvalue weighted by Crippen LogP contribution is -2.01. The van der Waals surface area contributed by atoms with E-state index in [0.29, 0.717) is 15.1 Å². The number of carbonyl (C=O) groups excluding carboxylic acids is 1. The average Bonchev–Trinajstić information content (AvgIpc) is 2.60. The molecule has 2 aromatic rings. The highest BCUT2D eigenvalue weighted by Crippen LogP contribution is 2.19. The first-order valence-corrected chi connectivity index (χ1v) is 7.16. The first kappa shape index (κ1) is 15.5. The quantitative estimate of drug-likeness (QED) is 0.659. The number of rotatable bonds is 3. The van der Waals surface area contributed by atoms with Gasteiger partial charge in [0.25, 0.3) is 0 Å². The zero-order chi connectivity index (χ0) is 15.4. The number of aromatic hydroxyl groups is 1. The molecule has 0 aliphatic heterocycles. The molecule has 21 heavy (non-hydrogen) atoms. The monoisotopic (exact) mass is 364 g/mol. The van der Waals surface area contributed by atoms with E-state index >= 15 is 0 Å². The highest BCUT2D eigenvalue weighted by atomic mass is 79.9. The molecule has 0 aromatic heterocycles. The number of halogens is 2. The van der Waals surface area contributed by atoms with Gasteiger partial charge in [-0.2, -0.15) is 0 Å². The largest absolute Gasteiger partial charge is 0.504 e. The van der Waals surface area contributed by atoms with Crippen LogP contribution in [0.2, 0.25) is 5.02 Å². The molecule has 0 heterocycles. The Balaban J connectivity index is 2.41. The van der Waals surface area contributed by atoms with Crippen LogP contribution in [-0.4, -0.2) is 10.9 Å². The van der Waals surface area contributed by atoms with Gasteiger partial charge in [-0.05, 0) is 42.0 Å². The van der Waals surface area contributed by atoms with E-state index in [9.17, 15) is 14.7 Å².